The van der Waals surface area contributed by atoms with E-state index in [0.717, 1.165) is 11.3 Å². The van der Waals surface area contributed by atoms with Gasteiger partial charge in [0.15, 0.2) is 15.7 Å². The number of sulfone groups is 1. The van der Waals surface area contributed by atoms with Gasteiger partial charge in [-0.2, -0.15) is 0 Å². The van der Waals surface area contributed by atoms with Crippen LogP contribution in [0.1, 0.15) is 6.42 Å². The van der Waals surface area contributed by atoms with Crippen LogP contribution in [0, 0.1) is 0 Å². The van der Waals surface area contributed by atoms with E-state index < -0.39 is 19.9 Å². The van der Waals surface area contributed by atoms with Crippen LogP contribution in [-0.2, 0) is 19.9 Å². The highest BCUT2D eigenvalue weighted by Gasteiger charge is 2.28. The molecule has 11 heteroatoms. The number of nitrogens with zero attached hydrogens (tertiary/aromatic N) is 2. The van der Waals surface area contributed by atoms with Gasteiger partial charge in [0.2, 0.25) is 0 Å². The number of hydrogen-bond donors (Lipinski definition) is 2. The zero-order valence-electron chi connectivity index (χ0n) is 11.8. The van der Waals surface area contributed by atoms with Gasteiger partial charge in [-0.1, -0.05) is 6.07 Å². The Hall–Kier alpha value is -1.72. The third-order valence-electron chi connectivity index (χ3n) is 3.25. The average Bonchev–Trinajstić information content (AvgIpc) is 3.11. The normalized spacial score (nSPS) is 20.3. The van der Waals surface area contributed by atoms with Gasteiger partial charge in [0.05, 0.1) is 11.5 Å². The molecule has 1 aliphatic heterocycles. The quantitative estimate of drug-likeness (QED) is 0.799. The Labute approximate surface area is 137 Å². The van der Waals surface area contributed by atoms with E-state index in [2.05, 4.69) is 20.2 Å². The van der Waals surface area contributed by atoms with Gasteiger partial charge >= 0.3 is 0 Å². The molecule has 23 heavy (non-hydrogen) atoms. The highest BCUT2D eigenvalue weighted by molar-refractivity contribution is 7.94. The molecule has 0 radical (unpaired) electrons. The topological polar surface area (TPSA) is 118 Å². The number of nitrogens with one attached hydrogen (secondary N) is 2. The number of hydrogen-bond acceptors (Lipinski definition) is 8. The second-order valence-electron chi connectivity index (χ2n) is 5.09. The summed E-state index contributed by atoms with van der Waals surface area (Å²) in [7, 11) is -6.63. The lowest BCUT2D eigenvalue weighted by atomic mass is 10.2. The molecule has 0 bridgehead atoms. The second-order valence-corrected chi connectivity index (χ2v) is 10.2. The molecule has 0 aliphatic carbocycles. The molecule has 3 rings (SSSR count). The Morgan fingerprint density at radius 2 is 1.91 bits per heavy atom. The molecule has 1 saturated heterocycles. The highest BCUT2D eigenvalue weighted by atomic mass is 32.2. The van der Waals surface area contributed by atoms with Crippen LogP contribution in [0.2, 0.25) is 0 Å². The van der Waals surface area contributed by atoms with E-state index in [1.54, 1.807) is 17.5 Å². The largest absolute Gasteiger partial charge is 0.365 e. The van der Waals surface area contributed by atoms with E-state index >= 15 is 0 Å². The molecule has 2 N–H and O–H groups in total. The van der Waals surface area contributed by atoms with Crippen molar-refractivity contribution in [2.24, 2.45) is 0 Å². The van der Waals surface area contributed by atoms with Gasteiger partial charge in [0.25, 0.3) is 10.0 Å². The maximum atomic E-state index is 12.0. The monoisotopic (exact) mass is 374 g/mol. The van der Waals surface area contributed by atoms with Crippen molar-refractivity contribution in [3.63, 3.8) is 0 Å². The minimum absolute atomic E-state index is 0.0709. The predicted octanol–water partition coefficient (Wildman–Crippen LogP) is 0.938. The molecule has 0 aromatic carbocycles. The summed E-state index contributed by atoms with van der Waals surface area (Å²) < 4.78 is 49.4. The second kappa shape index (κ2) is 6.06. The maximum Gasteiger partial charge on any atom is 0.272 e. The molecular formula is C12H14N4O4S3. The fourth-order valence-corrected chi connectivity index (χ4v) is 5.85. The fourth-order valence-electron chi connectivity index (χ4n) is 2.19. The van der Waals surface area contributed by atoms with E-state index in [-0.39, 0.29) is 27.6 Å². The van der Waals surface area contributed by atoms with Gasteiger partial charge in [-0.3, -0.25) is 4.72 Å². The molecule has 8 nitrogen and oxygen atoms in total. The first-order valence-electron chi connectivity index (χ1n) is 6.71. The van der Waals surface area contributed by atoms with Crippen molar-refractivity contribution < 1.29 is 16.8 Å². The van der Waals surface area contributed by atoms with Crippen molar-refractivity contribution in [3.05, 3.63) is 29.6 Å². The first-order chi connectivity index (χ1) is 10.8. The summed E-state index contributed by atoms with van der Waals surface area (Å²) in [5.74, 6) is 0.743. The van der Waals surface area contributed by atoms with Crippen LogP contribution >= 0.6 is 11.3 Å². The molecule has 1 unspecified atom stereocenters. The molecular weight excluding hydrogens is 360 g/mol. The van der Waals surface area contributed by atoms with Gasteiger partial charge in [-0.15, -0.1) is 21.5 Å². The summed E-state index contributed by atoms with van der Waals surface area (Å²) in [6.07, 6.45) is 0.525. The summed E-state index contributed by atoms with van der Waals surface area (Å²) in [6, 6.07) is 5.99. The first kappa shape index (κ1) is 16.1. The maximum absolute atomic E-state index is 12.0. The minimum atomic E-state index is -3.65. The Morgan fingerprint density at radius 3 is 2.48 bits per heavy atom. The Balaban J connectivity index is 1.66. The summed E-state index contributed by atoms with van der Waals surface area (Å²) in [5, 5.41) is 12.3. The third kappa shape index (κ3) is 3.98. The van der Waals surface area contributed by atoms with Crippen molar-refractivity contribution in [3.8, 4) is 0 Å². The number of anilines is 2. The van der Waals surface area contributed by atoms with Crippen LogP contribution in [0.4, 0.5) is 11.6 Å². The zero-order valence-corrected chi connectivity index (χ0v) is 14.3. The summed E-state index contributed by atoms with van der Waals surface area (Å²) in [4.78, 5) is 0. The van der Waals surface area contributed by atoms with E-state index in [4.69, 9.17) is 0 Å². The van der Waals surface area contributed by atoms with Gasteiger partial charge in [0.1, 0.15) is 10.0 Å². The third-order valence-corrected chi connectivity index (χ3v) is 7.77. The predicted molar refractivity (Wildman–Crippen MR) is 87.8 cm³/mol. The van der Waals surface area contributed by atoms with Crippen LogP contribution in [0.15, 0.2) is 33.9 Å². The van der Waals surface area contributed by atoms with Crippen LogP contribution in [-0.4, -0.2) is 44.6 Å². The van der Waals surface area contributed by atoms with Gasteiger partial charge < -0.3 is 5.32 Å². The molecule has 2 aromatic rings. The smallest absolute Gasteiger partial charge is 0.272 e. The molecule has 1 fully saturated rings. The van der Waals surface area contributed by atoms with Crippen molar-refractivity contribution in [1.29, 1.82) is 0 Å². The number of thiophene rings is 1. The number of aromatic nitrogens is 2. The summed E-state index contributed by atoms with van der Waals surface area (Å²) in [6.45, 7) is 0. The van der Waals surface area contributed by atoms with Crippen molar-refractivity contribution in [2.75, 3.05) is 21.5 Å². The van der Waals surface area contributed by atoms with Crippen LogP contribution in [0.25, 0.3) is 0 Å². The molecule has 0 saturated carbocycles. The van der Waals surface area contributed by atoms with E-state index in [1.807, 2.05) is 0 Å². The molecule has 0 amide bonds. The van der Waals surface area contributed by atoms with Crippen molar-refractivity contribution in [2.45, 2.75) is 16.7 Å². The summed E-state index contributed by atoms with van der Waals surface area (Å²) >= 11 is 1.11. The molecule has 124 valence electrons. The van der Waals surface area contributed by atoms with E-state index in [1.165, 1.54) is 12.1 Å². The highest BCUT2D eigenvalue weighted by Crippen LogP contribution is 2.20. The molecule has 1 aliphatic rings. The van der Waals surface area contributed by atoms with E-state index in [9.17, 15) is 16.8 Å². The Kier molecular flexibility index (Phi) is 4.25. The van der Waals surface area contributed by atoms with Gasteiger partial charge in [0, 0.05) is 6.04 Å². The fraction of sp³-hybridized carbons (Fsp3) is 0.333. The van der Waals surface area contributed by atoms with Crippen molar-refractivity contribution >= 4 is 42.8 Å². The average molecular weight is 374 g/mol. The standard InChI is InChI=1S/C12H14N4O4S3/c17-22(18)7-5-9(8-22)13-10-3-4-11(15-14-10)16-23(19,20)12-2-1-6-21-12/h1-4,6,9H,5,7-8H2,(H,13,14)(H,15,16). The van der Waals surface area contributed by atoms with Crippen LogP contribution in [0.3, 0.4) is 0 Å². The van der Waals surface area contributed by atoms with Crippen molar-refractivity contribution in [1.82, 2.24) is 10.2 Å². The number of rotatable bonds is 5. The van der Waals surface area contributed by atoms with Gasteiger partial charge in [-0.25, -0.2) is 16.8 Å². The Morgan fingerprint density at radius 1 is 1.17 bits per heavy atom. The minimum Gasteiger partial charge on any atom is -0.365 e. The SMILES string of the molecule is O=S1(=O)CCC(Nc2ccc(NS(=O)(=O)c3cccs3)nn2)C1. The van der Waals surface area contributed by atoms with E-state index in [0.29, 0.717) is 12.2 Å². The van der Waals surface area contributed by atoms with Crippen LogP contribution in [0.5, 0.6) is 0 Å². The lowest BCUT2D eigenvalue weighted by molar-refractivity contribution is 0.600. The molecule has 3 heterocycles. The number of sulfonamides is 1. The van der Waals surface area contributed by atoms with Crippen LogP contribution < -0.4 is 10.0 Å². The lowest BCUT2D eigenvalue weighted by Gasteiger charge is -2.11. The molecule has 0 spiro atoms. The van der Waals surface area contributed by atoms with Gasteiger partial charge in [-0.05, 0) is 30.0 Å². The Bertz CT molecular complexity index is 877. The molecule has 2 aromatic heterocycles. The molecule has 1 atom stereocenters. The first-order valence-corrected chi connectivity index (χ1v) is 10.9. The zero-order chi connectivity index (χ0) is 16.5. The lowest BCUT2D eigenvalue weighted by Crippen LogP contribution is -2.21. The summed E-state index contributed by atoms with van der Waals surface area (Å²) in [5.41, 5.74) is 0.